The zero-order chi connectivity index (χ0) is 19.8. The maximum atomic E-state index is 15.5. The maximum Gasteiger partial charge on any atom is 0.140 e. The van der Waals surface area contributed by atoms with Gasteiger partial charge in [-0.15, -0.1) is 6.58 Å². The lowest BCUT2D eigenvalue weighted by Crippen LogP contribution is -2.34. The van der Waals surface area contributed by atoms with Crippen LogP contribution < -0.4 is 0 Å². The van der Waals surface area contributed by atoms with Crippen LogP contribution in [0, 0.1) is 5.82 Å². The van der Waals surface area contributed by atoms with Crippen molar-refractivity contribution in [2.24, 2.45) is 0 Å². The van der Waals surface area contributed by atoms with Crippen molar-refractivity contribution in [2.75, 3.05) is 13.1 Å². The van der Waals surface area contributed by atoms with Gasteiger partial charge in [-0.25, -0.2) is 4.39 Å². The van der Waals surface area contributed by atoms with Gasteiger partial charge < -0.3 is 0 Å². The topological polar surface area (TPSA) is 34.0 Å². The van der Waals surface area contributed by atoms with Gasteiger partial charge in [0.25, 0.3) is 0 Å². The summed E-state index contributed by atoms with van der Waals surface area (Å²) in [6, 6.07) is 15.3. The highest BCUT2D eigenvalue weighted by atomic mass is 19.1. The second-order valence-electron chi connectivity index (χ2n) is 7.30. The van der Waals surface area contributed by atoms with Gasteiger partial charge in [0, 0.05) is 48.5 Å². The summed E-state index contributed by atoms with van der Waals surface area (Å²) < 4.78 is 17.6. The highest BCUT2D eigenvalue weighted by molar-refractivity contribution is 5.91. The van der Waals surface area contributed by atoms with E-state index in [0.29, 0.717) is 16.6 Å². The van der Waals surface area contributed by atoms with E-state index in [0.717, 1.165) is 48.4 Å². The molecule has 3 heterocycles. The third-order valence-electron chi connectivity index (χ3n) is 5.53. The Hall–Kier alpha value is -3.31. The molecule has 0 saturated carbocycles. The van der Waals surface area contributed by atoms with Crippen molar-refractivity contribution >= 4 is 10.8 Å². The van der Waals surface area contributed by atoms with Crippen LogP contribution in [0.3, 0.4) is 0 Å². The van der Waals surface area contributed by atoms with Gasteiger partial charge in [-0.2, -0.15) is 5.10 Å². The van der Waals surface area contributed by atoms with Crippen LogP contribution in [-0.2, 0) is 13.1 Å². The van der Waals surface area contributed by atoms with E-state index in [1.54, 1.807) is 12.4 Å². The van der Waals surface area contributed by atoms with Crippen molar-refractivity contribution in [2.45, 2.75) is 13.1 Å². The molecule has 0 N–H and O–H groups in total. The average molecular weight is 384 g/mol. The Kier molecular flexibility index (Phi) is 4.45. The number of nitrogens with zero attached hydrogens (tertiary/aromatic N) is 4. The molecule has 0 fully saturated rings. The summed E-state index contributed by atoms with van der Waals surface area (Å²) in [5.74, 6) is -0.225. The Morgan fingerprint density at radius 2 is 1.86 bits per heavy atom. The lowest BCUT2D eigenvalue weighted by Gasteiger charge is -2.27. The highest BCUT2D eigenvalue weighted by Gasteiger charge is 2.27. The Bertz CT molecular complexity index is 1200. The Balaban J connectivity index is 1.74. The number of rotatable bonds is 4. The third-order valence-corrected chi connectivity index (χ3v) is 5.53. The van der Waals surface area contributed by atoms with E-state index in [9.17, 15) is 0 Å². The Labute approximate surface area is 168 Å². The van der Waals surface area contributed by atoms with E-state index < -0.39 is 0 Å². The fourth-order valence-corrected chi connectivity index (χ4v) is 4.13. The van der Waals surface area contributed by atoms with Crippen LogP contribution in [-0.4, -0.2) is 32.8 Å². The van der Waals surface area contributed by atoms with E-state index in [2.05, 4.69) is 16.5 Å². The van der Waals surface area contributed by atoms with Crippen LogP contribution in [0.4, 0.5) is 4.39 Å². The third kappa shape index (κ3) is 3.04. The fraction of sp³-hybridized carbons (Fsp3) is 0.167. The summed E-state index contributed by atoms with van der Waals surface area (Å²) in [5.41, 5.74) is 4.31. The normalized spacial score (nSPS) is 14.1. The SMILES string of the molecule is C=CCN1CCn2nc(-c3ccc4ccccc4c3F)c(-c3ccncc3)c2C1. The van der Waals surface area contributed by atoms with Gasteiger partial charge >= 0.3 is 0 Å². The van der Waals surface area contributed by atoms with Crippen molar-refractivity contribution in [3.63, 3.8) is 0 Å². The summed E-state index contributed by atoms with van der Waals surface area (Å²) in [5, 5.41) is 6.37. The fourth-order valence-electron chi connectivity index (χ4n) is 4.13. The van der Waals surface area contributed by atoms with Crippen LogP contribution >= 0.6 is 0 Å². The zero-order valence-corrected chi connectivity index (χ0v) is 16.1. The predicted octanol–water partition coefficient (Wildman–Crippen LogP) is 4.91. The molecule has 29 heavy (non-hydrogen) atoms. The van der Waals surface area contributed by atoms with Crippen molar-refractivity contribution in [3.05, 3.63) is 85.1 Å². The van der Waals surface area contributed by atoms with Crippen molar-refractivity contribution < 1.29 is 4.39 Å². The molecule has 0 atom stereocenters. The van der Waals surface area contributed by atoms with Gasteiger partial charge in [0.05, 0.1) is 12.2 Å². The van der Waals surface area contributed by atoms with E-state index in [4.69, 9.17) is 5.10 Å². The lowest BCUT2D eigenvalue weighted by atomic mass is 9.96. The summed E-state index contributed by atoms with van der Waals surface area (Å²) >= 11 is 0. The molecular formula is C24H21FN4. The standard InChI is InChI=1S/C24H21FN4/c1-2-13-28-14-15-29-21(16-28)22(18-9-11-26-12-10-18)24(27-29)20-8-7-17-5-3-4-6-19(17)23(20)25/h2-12H,1,13-16H2. The van der Waals surface area contributed by atoms with Crippen LogP contribution in [0.1, 0.15) is 5.69 Å². The first-order valence-electron chi connectivity index (χ1n) is 9.77. The molecule has 0 saturated heterocycles. The van der Waals surface area contributed by atoms with Crippen molar-refractivity contribution in [3.8, 4) is 22.4 Å². The van der Waals surface area contributed by atoms with Crippen LogP contribution in [0.5, 0.6) is 0 Å². The van der Waals surface area contributed by atoms with Gasteiger partial charge in [0.15, 0.2) is 0 Å². The molecule has 144 valence electrons. The summed E-state index contributed by atoms with van der Waals surface area (Å²) in [7, 11) is 0. The molecule has 0 unspecified atom stereocenters. The van der Waals surface area contributed by atoms with Crippen molar-refractivity contribution in [1.29, 1.82) is 0 Å². The number of pyridine rings is 1. The second-order valence-corrected chi connectivity index (χ2v) is 7.30. The minimum atomic E-state index is -0.225. The van der Waals surface area contributed by atoms with Crippen LogP contribution in [0.15, 0.2) is 73.6 Å². The van der Waals surface area contributed by atoms with Gasteiger partial charge in [-0.3, -0.25) is 14.6 Å². The van der Waals surface area contributed by atoms with Gasteiger partial charge in [0.1, 0.15) is 11.5 Å². The number of hydrogen-bond donors (Lipinski definition) is 0. The van der Waals surface area contributed by atoms with E-state index in [1.807, 2.05) is 59.3 Å². The second kappa shape index (κ2) is 7.26. The average Bonchev–Trinajstić information content (AvgIpc) is 3.13. The van der Waals surface area contributed by atoms with E-state index in [-0.39, 0.29) is 5.82 Å². The summed E-state index contributed by atoms with van der Waals surface area (Å²) in [6.45, 7) is 7.11. The summed E-state index contributed by atoms with van der Waals surface area (Å²) in [6.07, 6.45) is 5.45. The largest absolute Gasteiger partial charge is 0.292 e. The first-order chi connectivity index (χ1) is 14.3. The Morgan fingerprint density at radius 1 is 1.03 bits per heavy atom. The maximum absolute atomic E-state index is 15.5. The van der Waals surface area contributed by atoms with Crippen LogP contribution in [0.2, 0.25) is 0 Å². The molecule has 5 rings (SSSR count). The van der Waals surface area contributed by atoms with Gasteiger partial charge in [-0.05, 0) is 29.1 Å². The summed E-state index contributed by atoms with van der Waals surface area (Å²) in [4.78, 5) is 6.48. The number of hydrogen-bond acceptors (Lipinski definition) is 3. The first kappa shape index (κ1) is 17.8. The molecular weight excluding hydrogens is 363 g/mol. The lowest BCUT2D eigenvalue weighted by molar-refractivity contribution is 0.235. The molecule has 0 spiro atoms. The van der Waals surface area contributed by atoms with E-state index in [1.165, 1.54) is 0 Å². The molecule has 2 aromatic heterocycles. The molecule has 5 heteroatoms. The first-order valence-corrected chi connectivity index (χ1v) is 9.77. The quantitative estimate of drug-likeness (QED) is 0.469. The smallest absolute Gasteiger partial charge is 0.140 e. The number of fused-ring (bicyclic) bond motifs is 2. The number of benzene rings is 2. The predicted molar refractivity (Wildman–Crippen MR) is 114 cm³/mol. The van der Waals surface area contributed by atoms with Crippen LogP contribution in [0.25, 0.3) is 33.2 Å². The highest BCUT2D eigenvalue weighted by Crippen LogP contribution is 2.38. The van der Waals surface area contributed by atoms with Gasteiger partial charge in [0.2, 0.25) is 0 Å². The molecule has 1 aliphatic heterocycles. The van der Waals surface area contributed by atoms with E-state index >= 15 is 4.39 Å². The monoisotopic (exact) mass is 384 g/mol. The minimum Gasteiger partial charge on any atom is -0.292 e. The molecule has 0 amide bonds. The number of aromatic nitrogens is 3. The molecule has 0 aliphatic carbocycles. The van der Waals surface area contributed by atoms with Gasteiger partial charge in [-0.1, -0.05) is 36.4 Å². The van der Waals surface area contributed by atoms with Crippen molar-refractivity contribution in [1.82, 2.24) is 19.7 Å². The zero-order valence-electron chi connectivity index (χ0n) is 16.1. The molecule has 4 nitrogen and oxygen atoms in total. The minimum absolute atomic E-state index is 0.225. The molecule has 2 aromatic carbocycles. The molecule has 0 radical (unpaired) electrons. The number of halogens is 1. The molecule has 1 aliphatic rings. The Morgan fingerprint density at radius 3 is 2.69 bits per heavy atom. The molecule has 0 bridgehead atoms. The molecule has 4 aromatic rings.